The molecule has 2 atom stereocenters. The van der Waals surface area contributed by atoms with Crippen molar-refractivity contribution < 1.29 is 29.3 Å². The van der Waals surface area contributed by atoms with E-state index >= 15 is 0 Å². The normalized spacial score (nSPS) is 27.8. The number of aliphatic carboxylic acids is 1. The molecule has 2 aliphatic rings. The predicted molar refractivity (Wildman–Crippen MR) is 68.2 cm³/mol. The molecular weight excluding hydrogens is 266 g/mol. The smallest absolute Gasteiger partial charge is 0.332 e. The zero-order valence-corrected chi connectivity index (χ0v) is 11.4. The summed E-state index contributed by atoms with van der Waals surface area (Å²) in [4.78, 5) is 24.7. The highest BCUT2D eigenvalue weighted by Gasteiger charge is 2.37. The summed E-state index contributed by atoms with van der Waals surface area (Å²) < 4.78 is 10.7. The zero-order chi connectivity index (χ0) is 14.5. The van der Waals surface area contributed by atoms with Crippen molar-refractivity contribution in [1.29, 1.82) is 0 Å². The molecule has 114 valence electrons. The molecule has 2 aliphatic heterocycles. The standard InChI is InChI=1S/C13H21NO6/c15-7-8-19-9-3-5-14(6-4-9)12(16)10-1-2-11(20-10)13(17)18/h9-11,15H,1-8H2,(H,17,18). The second-order valence-electron chi connectivity index (χ2n) is 5.15. The molecule has 0 aromatic rings. The van der Waals surface area contributed by atoms with E-state index < -0.39 is 18.2 Å². The van der Waals surface area contributed by atoms with Crippen molar-refractivity contribution in [2.75, 3.05) is 26.3 Å². The zero-order valence-electron chi connectivity index (χ0n) is 11.4. The number of amides is 1. The number of nitrogens with zero attached hydrogens (tertiary/aromatic N) is 1. The minimum absolute atomic E-state index is 0.00559. The van der Waals surface area contributed by atoms with Crippen LogP contribution in [0, 0.1) is 0 Å². The number of aliphatic hydroxyl groups is 1. The van der Waals surface area contributed by atoms with Crippen LogP contribution < -0.4 is 0 Å². The Morgan fingerprint density at radius 2 is 1.80 bits per heavy atom. The van der Waals surface area contributed by atoms with Crippen LogP contribution in [0.3, 0.4) is 0 Å². The first-order valence-corrected chi connectivity index (χ1v) is 7.01. The number of likely N-dealkylation sites (tertiary alicyclic amines) is 1. The summed E-state index contributed by atoms with van der Waals surface area (Å²) in [6.07, 6.45) is 0.947. The summed E-state index contributed by atoms with van der Waals surface area (Å²) in [6, 6.07) is 0. The van der Waals surface area contributed by atoms with Gasteiger partial charge in [-0.3, -0.25) is 4.79 Å². The molecule has 1 amide bonds. The van der Waals surface area contributed by atoms with Crippen LogP contribution >= 0.6 is 0 Å². The highest BCUT2D eigenvalue weighted by molar-refractivity contribution is 5.82. The Balaban J connectivity index is 1.76. The van der Waals surface area contributed by atoms with Gasteiger partial charge in [-0.2, -0.15) is 0 Å². The molecule has 2 rings (SSSR count). The lowest BCUT2D eigenvalue weighted by Crippen LogP contribution is -2.45. The molecule has 0 spiro atoms. The number of carbonyl (C=O) groups is 2. The molecule has 0 aromatic carbocycles. The van der Waals surface area contributed by atoms with Crippen LogP contribution in [0.2, 0.25) is 0 Å². The van der Waals surface area contributed by atoms with Crippen LogP contribution in [0.1, 0.15) is 25.7 Å². The van der Waals surface area contributed by atoms with Gasteiger partial charge >= 0.3 is 5.97 Å². The molecular formula is C13H21NO6. The molecule has 0 radical (unpaired) electrons. The lowest BCUT2D eigenvalue weighted by Gasteiger charge is -2.33. The van der Waals surface area contributed by atoms with Gasteiger partial charge < -0.3 is 24.6 Å². The molecule has 2 fully saturated rings. The second-order valence-corrected chi connectivity index (χ2v) is 5.15. The number of hydrogen-bond acceptors (Lipinski definition) is 5. The number of rotatable bonds is 5. The number of hydrogen-bond donors (Lipinski definition) is 2. The van der Waals surface area contributed by atoms with Gasteiger partial charge in [-0.1, -0.05) is 0 Å². The Kier molecular flexibility index (Phi) is 5.33. The Hall–Kier alpha value is -1.18. The maximum Gasteiger partial charge on any atom is 0.332 e. The SMILES string of the molecule is O=C(O)C1CCC(C(=O)N2CCC(OCCO)CC2)O1. The lowest BCUT2D eigenvalue weighted by atomic mass is 10.1. The van der Waals surface area contributed by atoms with Gasteiger partial charge in [-0.15, -0.1) is 0 Å². The van der Waals surface area contributed by atoms with Gasteiger partial charge in [0, 0.05) is 13.1 Å². The van der Waals surface area contributed by atoms with Gasteiger partial charge in [0.25, 0.3) is 5.91 Å². The topological polar surface area (TPSA) is 96.3 Å². The Bertz CT molecular complexity index is 353. The molecule has 2 saturated heterocycles. The molecule has 7 nitrogen and oxygen atoms in total. The summed E-state index contributed by atoms with van der Waals surface area (Å²) >= 11 is 0. The Labute approximate surface area is 117 Å². The fourth-order valence-electron chi connectivity index (χ4n) is 2.67. The van der Waals surface area contributed by atoms with E-state index in [0.717, 1.165) is 12.8 Å². The highest BCUT2D eigenvalue weighted by Crippen LogP contribution is 2.23. The first kappa shape index (κ1) is 15.2. The number of carboxylic acid groups (broad SMARTS) is 1. The molecule has 2 N–H and O–H groups in total. The van der Waals surface area contributed by atoms with E-state index in [1.807, 2.05) is 0 Å². The van der Waals surface area contributed by atoms with Crippen LogP contribution in [-0.2, 0) is 19.1 Å². The fourth-order valence-corrected chi connectivity index (χ4v) is 2.67. The summed E-state index contributed by atoms with van der Waals surface area (Å²) in [7, 11) is 0. The third kappa shape index (κ3) is 3.68. The number of piperidine rings is 1. The van der Waals surface area contributed by atoms with Crippen molar-refractivity contribution in [2.45, 2.75) is 44.0 Å². The highest BCUT2D eigenvalue weighted by atomic mass is 16.5. The van der Waals surface area contributed by atoms with E-state index in [1.165, 1.54) is 0 Å². The van der Waals surface area contributed by atoms with Crippen LogP contribution in [0.25, 0.3) is 0 Å². The molecule has 2 unspecified atom stereocenters. The molecule has 7 heteroatoms. The Morgan fingerprint density at radius 3 is 2.35 bits per heavy atom. The van der Waals surface area contributed by atoms with Crippen LogP contribution in [0.4, 0.5) is 0 Å². The predicted octanol–water partition coefficient (Wildman–Crippen LogP) is -0.381. The number of carboxylic acids is 1. The average Bonchev–Trinajstić information content (AvgIpc) is 2.95. The third-order valence-corrected chi connectivity index (χ3v) is 3.77. The fraction of sp³-hybridized carbons (Fsp3) is 0.846. The van der Waals surface area contributed by atoms with E-state index in [9.17, 15) is 9.59 Å². The van der Waals surface area contributed by atoms with Gasteiger partial charge in [0.15, 0.2) is 6.10 Å². The van der Waals surface area contributed by atoms with E-state index in [-0.39, 0.29) is 18.6 Å². The molecule has 2 heterocycles. The van der Waals surface area contributed by atoms with Gasteiger partial charge in [-0.25, -0.2) is 4.79 Å². The molecule has 0 aliphatic carbocycles. The summed E-state index contributed by atoms with van der Waals surface area (Å²) in [6.45, 7) is 1.51. The number of ether oxygens (including phenoxy) is 2. The minimum Gasteiger partial charge on any atom is -0.479 e. The maximum absolute atomic E-state index is 12.2. The van der Waals surface area contributed by atoms with Gasteiger partial charge in [0.2, 0.25) is 0 Å². The van der Waals surface area contributed by atoms with Crippen molar-refractivity contribution in [3.8, 4) is 0 Å². The monoisotopic (exact) mass is 287 g/mol. The van der Waals surface area contributed by atoms with Crippen LogP contribution in [0.15, 0.2) is 0 Å². The van der Waals surface area contributed by atoms with Crippen LogP contribution in [-0.4, -0.2) is 71.6 Å². The van der Waals surface area contributed by atoms with E-state index in [2.05, 4.69) is 0 Å². The van der Waals surface area contributed by atoms with E-state index in [1.54, 1.807) is 4.90 Å². The molecule has 0 aromatic heterocycles. The van der Waals surface area contributed by atoms with Crippen molar-refractivity contribution >= 4 is 11.9 Å². The quantitative estimate of drug-likeness (QED) is 0.715. The molecule has 0 bridgehead atoms. The van der Waals surface area contributed by atoms with Gasteiger partial charge in [0.1, 0.15) is 6.10 Å². The third-order valence-electron chi connectivity index (χ3n) is 3.77. The summed E-state index contributed by atoms with van der Waals surface area (Å²) in [5.41, 5.74) is 0. The van der Waals surface area contributed by atoms with E-state index in [0.29, 0.717) is 32.5 Å². The Morgan fingerprint density at radius 1 is 1.15 bits per heavy atom. The maximum atomic E-state index is 12.2. The first-order valence-electron chi connectivity index (χ1n) is 7.01. The first-order chi connectivity index (χ1) is 9.61. The molecule has 0 saturated carbocycles. The van der Waals surface area contributed by atoms with Crippen molar-refractivity contribution in [3.63, 3.8) is 0 Å². The average molecular weight is 287 g/mol. The van der Waals surface area contributed by atoms with Gasteiger partial charge in [-0.05, 0) is 25.7 Å². The van der Waals surface area contributed by atoms with Crippen molar-refractivity contribution in [2.24, 2.45) is 0 Å². The molecule has 20 heavy (non-hydrogen) atoms. The summed E-state index contributed by atoms with van der Waals surface area (Å²) in [5, 5.41) is 17.5. The van der Waals surface area contributed by atoms with Gasteiger partial charge in [0.05, 0.1) is 19.3 Å². The van der Waals surface area contributed by atoms with Crippen molar-refractivity contribution in [1.82, 2.24) is 4.90 Å². The minimum atomic E-state index is -1.00. The lowest BCUT2D eigenvalue weighted by molar-refractivity contribution is -0.155. The second kappa shape index (κ2) is 7.01. The largest absolute Gasteiger partial charge is 0.479 e. The van der Waals surface area contributed by atoms with E-state index in [4.69, 9.17) is 19.7 Å². The van der Waals surface area contributed by atoms with Crippen molar-refractivity contribution in [3.05, 3.63) is 0 Å². The number of aliphatic hydroxyl groups excluding tert-OH is 1. The summed E-state index contributed by atoms with van der Waals surface area (Å²) in [5.74, 6) is -1.12. The van der Waals surface area contributed by atoms with Crippen LogP contribution in [0.5, 0.6) is 0 Å². The number of carbonyl (C=O) groups excluding carboxylic acids is 1.